The van der Waals surface area contributed by atoms with Crippen LogP contribution in [0.3, 0.4) is 0 Å². The van der Waals surface area contributed by atoms with Gasteiger partial charge in [0.1, 0.15) is 11.5 Å². The fourth-order valence-electron chi connectivity index (χ4n) is 2.59. The molecular formula is C21H16N2O2S. The molecule has 1 aromatic heterocycles. The molecule has 1 N–H and O–H groups in total. The standard InChI is InChI=1S/C21H16N2O2S/c24-20(13-15-7-3-1-4-8-15)23-21-22-18-12-11-17(14-19(18)26-21)25-16-9-5-2-6-10-16/h1-12,14H,13H2,(H,22,23,24). The molecule has 0 spiro atoms. The van der Waals surface area contributed by atoms with E-state index < -0.39 is 0 Å². The van der Waals surface area contributed by atoms with Crippen LogP contribution in [0.15, 0.2) is 78.9 Å². The molecule has 0 radical (unpaired) electrons. The van der Waals surface area contributed by atoms with E-state index in [4.69, 9.17) is 4.74 Å². The molecule has 0 saturated carbocycles. The second-order valence-corrected chi connectivity index (χ2v) is 6.80. The van der Waals surface area contributed by atoms with E-state index in [1.807, 2.05) is 78.9 Å². The van der Waals surface area contributed by atoms with Crippen molar-refractivity contribution < 1.29 is 9.53 Å². The van der Waals surface area contributed by atoms with Gasteiger partial charge in [0.25, 0.3) is 0 Å². The first-order valence-electron chi connectivity index (χ1n) is 8.23. The lowest BCUT2D eigenvalue weighted by Crippen LogP contribution is -2.13. The maximum atomic E-state index is 12.2. The number of aromatic nitrogens is 1. The number of para-hydroxylation sites is 1. The Balaban J connectivity index is 1.48. The molecule has 0 aliphatic carbocycles. The summed E-state index contributed by atoms with van der Waals surface area (Å²) < 4.78 is 6.81. The molecule has 4 nitrogen and oxygen atoms in total. The van der Waals surface area contributed by atoms with Crippen LogP contribution in [-0.4, -0.2) is 10.9 Å². The first kappa shape index (κ1) is 16.3. The Hall–Kier alpha value is -3.18. The van der Waals surface area contributed by atoms with E-state index in [2.05, 4.69) is 10.3 Å². The maximum Gasteiger partial charge on any atom is 0.230 e. The number of carbonyl (C=O) groups excluding carboxylic acids is 1. The number of anilines is 1. The summed E-state index contributed by atoms with van der Waals surface area (Å²) in [5.41, 5.74) is 1.81. The molecule has 4 rings (SSSR count). The minimum Gasteiger partial charge on any atom is -0.457 e. The van der Waals surface area contributed by atoms with E-state index in [-0.39, 0.29) is 5.91 Å². The fraction of sp³-hybridized carbons (Fsp3) is 0.0476. The molecule has 0 aliphatic heterocycles. The van der Waals surface area contributed by atoms with Gasteiger partial charge < -0.3 is 10.1 Å². The molecule has 0 unspecified atom stereocenters. The lowest BCUT2D eigenvalue weighted by Gasteiger charge is -2.04. The van der Waals surface area contributed by atoms with Gasteiger partial charge in [-0.3, -0.25) is 4.79 Å². The van der Waals surface area contributed by atoms with Crippen molar-refractivity contribution in [1.82, 2.24) is 4.98 Å². The Morgan fingerprint density at radius 3 is 2.42 bits per heavy atom. The second-order valence-electron chi connectivity index (χ2n) is 5.77. The number of fused-ring (bicyclic) bond motifs is 1. The molecule has 0 bridgehead atoms. The van der Waals surface area contributed by atoms with Crippen LogP contribution >= 0.6 is 11.3 Å². The van der Waals surface area contributed by atoms with Gasteiger partial charge in [-0.25, -0.2) is 4.98 Å². The summed E-state index contributed by atoms with van der Waals surface area (Å²) in [6.07, 6.45) is 0.332. The summed E-state index contributed by atoms with van der Waals surface area (Å²) in [4.78, 5) is 16.7. The van der Waals surface area contributed by atoms with Gasteiger partial charge in [0, 0.05) is 6.07 Å². The van der Waals surface area contributed by atoms with Gasteiger partial charge in [0.2, 0.25) is 5.91 Å². The fourth-order valence-corrected chi connectivity index (χ4v) is 3.50. The van der Waals surface area contributed by atoms with Crippen molar-refractivity contribution in [2.45, 2.75) is 6.42 Å². The minimum absolute atomic E-state index is 0.0731. The SMILES string of the molecule is O=C(Cc1ccccc1)Nc1nc2ccc(Oc3ccccc3)cc2s1. The van der Waals surface area contributed by atoms with Crippen LogP contribution in [0, 0.1) is 0 Å². The summed E-state index contributed by atoms with van der Waals surface area (Å²) in [6.45, 7) is 0. The number of rotatable bonds is 5. The highest BCUT2D eigenvalue weighted by molar-refractivity contribution is 7.22. The van der Waals surface area contributed by atoms with Gasteiger partial charge in [-0.2, -0.15) is 0 Å². The highest BCUT2D eigenvalue weighted by Gasteiger charge is 2.09. The van der Waals surface area contributed by atoms with Gasteiger partial charge in [-0.15, -0.1) is 0 Å². The van der Waals surface area contributed by atoms with Crippen molar-refractivity contribution in [2.24, 2.45) is 0 Å². The first-order valence-corrected chi connectivity index (χ1v) is 9.05. The molecule has 0 aliphatic rings. The van der Waals surface area contributed by atoms with Crippen molar-refractivity contribution in [3.05, 3.63) is 84.4 Å². The summed E-state index contributed by atoms with van der Waals surface area (Å²) in [5, 5.41) is 3.47. The van der Waals surface area contributed by atoms with Crippen LogP contribution in [0.2, 0.25) is 0 Å². The van der Waals surface area contributed by atoms with E-state index in [1.54, 1.807) is 0 Å². The number of nitrogens with one attached hydrogen (secondary N) is 1. The first-order chi connectivity index (χ1) is 12.8. The third-order valence-corrected chi connectivity index (χ3v) is 4.73. The third-order valence-electron chi connectivity index (χ3n) is 3.79. The molecule has 3 aromatic carbocycles. The van der Waals surface area contributed by atoms with Gasteiger partial charge in [0.15, 0.2) is 5.13 Å². The molecule has 26 heavy (non-hydrogen) atoms. The lowest BCUT2D eigenvalue weighted by atomic mass is 10.1. The Morgan fingerprint density at radius 1 is 0.923 bits per heavy atom. The lowest BCUT2D eigenvalue weighted by molar-refractivity contribution is -0.115. The van der Waals surface area contributed by atoms with Crippen LogP contribution in [0.4, 0.5) is 5.13 Å². The van der Waals surface area contributed by atoms with Crippen LogP contribution in [0.5, 0.6) is 11.5 Å². The van der Waals surface area contributed by atoms with Crippen LogP contribution in [0.25, 0.3) is 10.2 Å². The van der Waals surface area contributed by atoms with E-state index >= 15 is 0 Å². The van der Waals surface area contributed by atoms with E-state index in [0.29, 0.717) is 11.6 Å². The van der Waals surface area contributed by atoms with E-state index in [1.165, 1.54) is 11.3 Å². The summed E-state index contributed by atoms with van der Waals surface area (Å²) in [5.74, 6) is 1.46. The predicted octanol–water partition coefficient (Wildman–Crippen LogP) is 5.27. The highest BCUT2D eigenvalue weighted by atomic mass is 32.1. The average molecular weight is 360 g/mol. The number of thiazole rings is 1. The topological polar surface area (TPSA) is 51.2 Å². The molecule has 128 valence electrons. The Labute approximate surface area is 155 Å². The zero-order valence-electron chi connectivity index (χ0n) is 13.9. The second kappa shape index (κ2) is 7.37. The quantitative estimate of drug-likeness (QED) is 0.527. The van der Waals surface area contributed by atoms with Crippen LogP contribution in [-0.2, 0) is 11.2 Å². The van der Waals surface area contributed by atoms with Crippen molar-refractivity contribution in [1.29, 1.82) is 0 Å². The molecule has 0 saturated heterocycles. The number of carbonyl (C=O) groups is 1. The number of ether oxygens (including phenoxy) is 1. The number of hydrogen-bond donors (Lipinski definition) is 1. The summed E-state index contributed by atoms with van der Waals surface area (Å²) >= 11 is 1.44. The smallest absolute Gasteiger partial charge is 0.230 e. The molecule has 0 atom stereocenters. The third kappa shape index (κ3) is 3.90. The average Bonchev–Trinajstić information content (AvgIpc) is 3.04. The molecule has 5 heteroatoms. The predicted molar refractivity (Wildman–Crippen MR) is 105 cm³/mol. The summed E-state index contributed by atoms with van der Waals surface area (Å²) in [7, 11) is 0. The molecule has 0 fully saturated rings. The van der Waals surface area contributed by atoms with E-state index in [0.717, 1.165) is 27.3 Å². The monoisotopic (exact) mass is 360 g/mol. The van der Waals surface area contributed by atoms with Crippen LogP contribution < -0.4 is 10.1 Å². The molecule has 1 amide bonds. The molecule has 4 aromatic rings. The minimum atomic E-state index is -0.0731. The van der Waals surface area contributed by atoms with Gasteiger partial charge in [-0.1, -0.05) is 59.9 Å². The Morgan fingerprint density at radius 2 is 1.65 bits per heavy atom. The normalized spacial score (nSPS) is 10.6. The van der Waals surface area contributed by atoms with Crippen molar-refractivity contribution >= 4 is 32.6 Å². The van der Waals surface area contributed by atoms with Crippen molar-refractivity contribution in [2.75, 3.05) is 5.32 Å². The van der Waals surface area contributed by atoms with Crippen molar-refractivity contribution in [3.8, 4) is 11.5 Å². The largest absolute Gasteiger partial charge is 0.457 e. The zero-order chi connectivity index (χ0) is 17.8. The number of amides is 1. The zero-order valence-corrected chi connectivity index (χ0v) is 14.7. The highest BCUT2D eigenvalue weighted by Crippen LogP contribution is 2.31. The number of benzene rings is 3. The van der Waals surface area contributed by atoms with E-state index in [9.17, 15) is 4.79 Å². The number of nitrogens with zero attached hydrogens (tertiary/aromatic N) is 1. The molecular weight excluding hydrogens is 344 g/mol. The van der Waals surface area contributed by atoms with Gasteiger partial charge >= 0.3 is 0 Å². The van der Waals surface area contributed by atoms with Gasteiger partial charge in [0.05, 0.1) is 16.6 Å². The molecule has 1 heterocycles. The van der Waals surface area contributed by atoms with Crippen molar-refractivity contribution in [3.63, 3.8) is 0 Å². The summed E-state index contributed by atoms with van der Waals surface area (Å²) in [6, 6.07) is 25.0. The number of hydrogen-bond acceptors (Lipinski definition) is 4. The van der Waals surface area contributed by atoms with Gasteiger partial charge in [-0.05, 0) is 29.8 Å². The van der Waals surface area contributed by atoms with Crippen LogP contribution in [0.1, 0.15) is 5.56 Å². The Kier molecular flexibility index (Phi) is 4.62. The Bertz CT molecular complexity index is 1030. The maximum absolute atomic E-state index is 12.2.